The van der Waals surface area contributed by atoms with Crippen LogP contribution in [-0.2, 0) is 9.53 Å². The van der Waals surface area contributed by atoms with Crippen molar-refractivity contribution < 1.29 is 9.53 Å². The van der Waals surface area contributed by atoms with E-state index in [9.17, 15) is 4.79 Å². The Hall–Kier alpha value is -0.280. The molecule has 0 fully saturated rings. The summed E-state index contributed by atoms with van der Waals surface area (Å²) in [5, 5.41) is 0. The number of ether oxygens (including phenoxy) is 1. The molecule has 0 aromatic rings. The predicted octanol–water partition coefficient (Wildman–Crippen LogP) is 1.73. The maximum absolute atomic E-state index is 11.1. The van der Waals surface area contributed by atoms with Crippen LogP contribution in [0, 0.1) is 5.92 Å². The van der Waals surface area contributed by atoms with E-state index in [0.29, 0.717) is 6.61 Å². The van der Waals surface area contributed by atoms with Gasteiger partial charge in [0.05, 0.1) is 6.61 Å². The van der Waals surface area contributed by atoms with Crippen molar-refractivity contribution in [2.45, 2.75) is 39.7 Å². The third kappa shape index (κ3) is 6.84. The summed E-state index contributed by atoms with van der Waals surface area (Å²) in [5.41, 5.74) is 5.57. The minimum Gasteiger partial charge on any atom is -0.465 e. The summed E-state index contributed by atoms with van der Waals surface area (Å²) >= 11 is 0. The Morgan fingerprint density at radius 1 is 1.46 bits per heavy atom. The van der Waals surface area contributed by atoms with Gasteiger partial charge in [-0.3, -0.25) is 4.79 Å². The fourth-order valence-electron chi connectivity index (χ4n) is 0.685. The lowest BCUT2D eigenvalue weighted by molar-refractivity contribution is -0.146. The second-order valence-corrected chi connectivity index (χ2v) is 3.29. The van der Waals surface area contributed by atoms with E-state index in [1.54, 1.807) is 0 Å². The molecule has 0 bridgehead atoms. The Kier molecular flexibility index (Phi) is 9.74. The molecule has 0 aromatic heterocycles. The molecule has 0 aromatic carbocycles. The molecule has 0 saturated carbocycles. The zero-order chi connectivity index (χ0) is 9.56. The lowest BCUT2D eigenvalue weighted by Gasteiger charge is -2.13. The molecule has 0 aliphatic rings. The number of hydrogen-bond acceptors (Lipinski definition) is 3. The third-order valence-electron chi connectivity index (χ3n) is 1.73. The highest BCUT2D eigenvalue weighted by molar-refractivity contribution is 5.85. The molecule has 0 amide bonds. The summed E-state index contributed by atoms with van der Waals surface area (Å²) in [5.74, 6) is -0.127. The molecule has 2 N–H and O–H groups in total. The van der Waals surface area contributed by atoms with Crippen LogP contribution >= 0.6 is 12.4 Å². The van der Waals surface area contributed by atoms with Crippen molar-refractivity contribution in [1.82, 2.24) is 0 Å². The van der Waals surface area contributed by atoms with Crippen molar-refractivity contribution in [2.24, 2.45) is 11.7 Å². The van der Waals surface area contributed by atoms with Gasteiger partial charge in [0, 0.05) is 0 Å². The number of rotatable bonds is 5. The monoisotopic (exact) mass is 209 g/mol. The third-order valence-corrected chi connectivity index (χ3v) is 1.73. The van der Waals surface area contributed by atoms with Gasteiger partial charge in [-0.05, 0) is 12.3 Å². The smallest absolute Gasteiger partial charge is 0.323 e. The largest absolute Gasteiger partial charge is 0.465 e. The van der Waals surface area contributed by atoms with Gasteiger partial charge in [-0.1, -0.05) is 27.2 Å². The van der Waals surface area contributed by atoms with Crippen LogP contribution in [0.2, 0.25) is 0 Å². The van der Waals surface area contributed by atoms with Crippen LogP contribution in [-0.4, -0.2) is 18.6 Å². The van der Waals surface area contributed by atoms with E-state index < -0.39 is 6.04 Å². The highest BCUT2D eigenvalue weighted by Crippen LogP contribution is 2.01. The second-order valence-electron chi connectivity index (χ2n) is 3.29. The molecule has 1 atom stereocenters. The van der Waals surface area contributed by atoms with Crippen molar-refractivity contribution >= 4 is 18.4 Å². The van der Waals surface area contributed by atoms with Crippen LogP contribution in [0.5, 0.6) is 0 Å². The Labute approximate surface area is 86.4 Å². The average molecular weight is 210 g/mol. The summed E-state index contributed by atoms with van der Waals surface area (Å²) < 4.78 is 4.94. The zero-order valence-corrected chi connectivity index (χ0v) is 9.39. The second kappa shape index (κ2) is 8.32. The molecule has 0 heterocycles. The number of nitrogens with two attached hydrogens (primary N) is 1. The zero-order valence-electron chi connectivity index (χ0n) is 8.58. The number of carbonyl (C=O) groups is 1. The fraction of sp³-hybridized carbons (Fsp3) is 0.889. The molecular formula is C9H20ClNO2. The van der Waals surface area contributed by atoms with Gasteiger partial charge in [-0.25, -0.2) is 0 Å². The number of unbranched alkanes of at least 4 members (excludes halogenated alkanes) is 1. The van der Waals surface area contributed by atoms with Crippen molar-refractivity contribution in [1.29, 1.82) is 0 Å². The quantitative estimate of drug-likeness (QED) is 0.554. The summed E-state index contributed by atoms with van der Waals surface area (Å²) in [6, 6.07) is -0.471. The first-order chi connectivity index (χ1) is 5.59. The lowest BCUT2D eigenvalue weighted by atomic mass is 10.1. The van der Waals surface area contributed by atoms with Crippen molar-refractivity contribution in [2.75, 3.05) is 6.61 Å². The van der Waals surface area contributed by atoms with Gasteiger partial charge in [0.15, 0.2) is 0 Å². The molecule has 0 saturated heterocycles. The Morgan fingerprint density at radius 3 is 2.38 bits per heavy atom. The molecule has 0 rings (SSSR count). The van der Waals surface area contributed by atoms with Crippen molar-refractivity contribution in [3.8, 4) is 0 Å². The van der Waals surface area contributed by atoms with E-state index in [-0.39, 0.29) is 24.3 Å². The van der Waals surface area contributed by atoms with Crippen molar-refractivity contribution in [3.63, 3.8) is 0 Å². The van der Waals surface area contributed by atoms with Gasteiger partial charge in [0.1, 0.15) is 6.04 Å². The van der Waals surface area contributed by atoms with Crippen LogP contribution in [0.1, 0.15) is 33.6 Å². The van der Waals surface area contributed by atoms with E-state index in [1.165, 1.54) is 0 Å². The predicted molar refractivity (Wildman–Crippen MR) is 55.9 cm³/mol. The molecule has 0 aliphatic heterocycles. The van der Waals surface area contributed by atoms with E-state index in [1.807, 2.05) is 13.8 Å². The average Bonchev–Trinajstić information content (AvgIpc) is 2.03. The highest BCUT2D eigenvalue weighted by atomic mass is 35.5. The van der Waals surface area contributed by atoms with E-state index in [0.717, 1.165) is 12.8 Å². The molecular weight excluding hydrogens is 190 g/mol. The highest BCUT2D eigenvalue weighted by Gasteiger charge is 2.17. The van der Waals surface area contributed by atoms with Crippen LogP contribution < -0.4 is 5.73 Å². The van der Waals surface area contributed by atoms with Crippen molar-refractivity contribution in [3.05, 3.63) is 0 Å². The summed E-state index contributed by atoms with van der Waals surface area (Å²) in [4.78, 5) is 11.1. The van der Waals surface area contributed by atoms with Gasteiger partial charge >= 0.3 is 5.97 Å². The van der Waals surface area contributed by atoms with Crippen LogP contribution in [0.25, 0.3) is 0 Å². The van der Waals surface area contributed by atoms with Gasteiger partial charge in [-0.15, -0.1) is 12.4 Å². The first-order valence-corrected chi connectivity index (χ1v) is 4.51. The van der Waals surface area contributed by atoms with E-state index >= 15 is 0 Å². The Morgan fingerprint density at radius 2 is 2.00 bits per heavy atom. The van der Waals surface area contributed by atoms with Gasteiger partial charge in [0.2, 0.25) is 0 Å². The number of carbonyl (C=O) groups excluding carboxylic acids is 1. The maximum atomic E-state index is 11.1. The molecule has 0 aliphatic carbocycles. The normalized spacial score (nSPS) is 12.1. The number of esters is 1. The number of hydrogen-bond donors (Lipinski definition) is 1. The molecule has 0 unspecified atom stereocenters. The molecule has 0 radical (unpaired) electrons. The summed E-state index contributed by atoms with van der Waals surface area (Å²) in [6.45, 7) is 6.36. The molecule has 0 spiro atoms. The maximum Gasteiger partial charge on any atom is 0.323 e. The minimum atomic E-state index is -0.471. The summed E-state index contributed by atoms with van der Waals surface area (Å²) in [6.07, 6.45) is 1.95. The summed E-state index contributed by atoms with van der Waals surface area (Å²) in [7, 11) is 0. The van der Waals surface area contributed by atoms with Crippen LogP contribution in [0.4, 0.5) is 0 Å². The molecule has 13 heavy (non-hydrogen) atoms. The Balaban J connectivity index is 0. The van der Waals surface area contributed by atoms with E-state index in [2.05, 4.69) is 6.92 Å². The topological polar surface area (TPSA) is 52.3 Å². The molecule has 4 heteroatoms. The molecule has 3 nitrogen and oxygen atoms in total. The Bertz CT molecular complexity index is 140. The van der Waals surface area contributed by atoms with E-state index in [4.69, 9.17) is 10.5 Å². The number of halogens is 1. The van der Waals surface area contributed by atoms with Crippen LogP contribution in [0.15, 0.2) is 0 Å². The van der Waals surface area contributed by atoms with Gasteiger partial charge in [-0.2, -0.15) is 0 Å². The van der Waals surface area contributed by atoms with Gasteiger partial charge < -0.3 is 10.5 Å². The lowest BCUT2D eigenvalue weighted by Crippen LogP contribution is -2.37. The SMILES string of the molecule is CCCCOC(=O)[C@@H](N)C(C)C.Cl. The first kappa shape index (κ1) is 15.2. The molecule has 80 valence electrons. The van der Waals surface area contributed by atoms with Gasteiger partial charge in [0.25, 0.3) is 0 Å². The van der Waals surface area contributed by atoms with Crippen LogP contribution in [0.3, 0.4) is 0 Å². The first-order valence-electron chi connectivity index (χ1n) is 4.51. The standard InChI is InChI=1S/C9H19NO2.ClH/c1-4-5-6-12-9(11)8(10)7(2)3;/h7-8H,4-6,10H2,1-3H3;1H/t8-;/m0./s1. The fourth-order valence-corrected chi connectivity index (χ4v) is 0.685. The minimum absolute atomic E-state index is 0.